The SMILES string of the molecule is CC.Nc1nc2c(cc1C(=O)O)C(=O)C1CC=CC=C1O2. The Hall–Kier alpha value is -2.63. The number of carbonyl (C=O) groups is 2. The number of rotatable bonds is 1. The van der Waals surface area contributed by atoms with Gasteiger partial charge in [0, 0.05) is 0 Å². The smallest absolute Gasteiger partial charge is 0.339 e. The van der Waals surface area contributed by atoms with Crippen molar-refractivity contribution >= 4 is 17.6 Å². The van der Waals surface area contributed by atoms with Gasteiger partial charge in [0.25, 0.3) is 0 Å². The predicted octanol–water partition coefficient (Wildman–Crippen LogP) is 2.42. The fraction of sp³-hybridized carbons (Fsp3) is 0.267. The van der Waals surface area contributed by atoms with Gasteiger partial charge in [-0.1, -0.05) is 26.0 Å². The molecule has 1 aromatic rings. The van der Waals surface area contributed by atoms with Crippen molar-refractivity contribution in [2.45, 2.75) is 20.3 Å². The number of ketones is 1. The van der Waals surface area contributed by atoms with Crippen molar-refractivity contribution in [3.8, 4) is 5.88 Å². The molecule has 2 aliphatic rings. The Morgan fingerprint density at radius 2 is 2.19 bits per heavy atom. The van der Waals surface area contributed by atoms with Gasteiger partial charge in [-0.05, 0) is 18.6 Å². The maximum absolute atomic E-state index is 12.3. The molecule has 0 amide bonds. The molecular weight excluding hydrogens is 272 g/mol. The fourth-order valence-corrected chi connectivity index (χ4v) is 2.19. The highest BCUT2D eigenvalue weighted by atomic mass is 16.5. The summed E-state index contributed by atoms with van der Waals surface area (Å²) in [6, 6.07) is 1.23. The number of nitrogen functional groups attached to an aromatic ring is 1. The number of aromatic carboxylic acids is 1. The van der Waals surface area contributed by atoms with Gasteiger partial charge >= 0.3 is 5.97 Å². The molecule has 6 heteroatoms. The van der Waals surface area contributed by atoms with Crippen molar-refractivity contribution in [3.63, 3.8) is 0 Å². The predicted molar refractivity (Wildman–Crippen MR) is 77.2 cm³/mol. The van der Waals surface area contributed by atoms with Crippen LogP contribution in [0.2, 0.25) is 0 Å². The molecule has 0 saturated heterocycles. The van der Waals surface area contributed by atoms with Crippen molar-refractivity contribution in [1.82, 2.24) is 4.98 Å². The summed E-state index contributed by atoms with van der Waals surface area (Å²) in [5, 5.41) is 8.99. The van der Waals surface area contributed by atoms with E-state index in [9.17, 15) is 9.59 Å². The molecule has 1 unspecified atom stereocenters. The minimum Gasteiger partial charge on any atom is -0.478 e. The highest BCUT2D eigenvalue weighted by Crippen LogP contribution is 2.36. The maximum atomic E-state index is 12.3. The summed E-state index contributed by atoms with van der Waals surface area (Å²) in [6.45, 7) is 4.00. The number of aromatic nitrogens is 1. The summed E-state index contributed by atoms with van der Waals surface area (Å²) in [6.07, 6.45) is 5.91. The summed E-state index contributed by atoms with van der Waals surface area (Å²) in [4.78, 5) is 27.2. The minimum atomic E-state index is -1.22. The van der Waals surface area contributed by atoms with Crippen molar-refractivity contribution in [2.24, 2.45) is 5.92 Å². The highest BCUT2D eigenvalue weighted by molar-refractivity contribution is 6.05. The average Bonchev–Trinajstić information content (AvgIpc) is 2.48. The van der Waals surface area contributed by atoms with Crippen LogP contribution in [-0.4, -0.2) is 21.8 Å². The van der Waals surface area contributed by atoms with Crippen molar-refractivity contribution in [2.75, 3.05) is 5.73 Å². The van der Waals surface area contributed by atoms with Crippen LogP contribution in [0.1, 0.15) is 41.0 Å². The maximum Gasteiger partial charge on any atom is 0.339 e. The van der Waals surface area contributed by atoms with E-state index < -0.39 is 11.9 Å². The van der Waals surface area contributed by atoms with Gasteiger partial charge < -0.3 is 15.6 Å². The van der Waals surface area contributed by atoms with Crippen LogP contribution in [0.3, 0.4) is 0 Å². The molecule has 0 fully saturated rings. The van der Waals surface area contributed by atoms with Crippen LogP contribution in [0.5, 0.6) is 5.88 Å². The molecule has 3 N–H and O–H groups in total. The van der Waals surface area contributed by atoms with Gasteiger partial charge in [0.1, 0.15) is 17.1 Å². The van der Waals surface area contributed by atoms with E-state index in [0.717, 1.165) is 0 Å². The standard InChI is InChI=1S/C13H10N2O4.C2H6/c14-11-8(13(17)18)5-7-10(16)6-3-1-2-4-9(6)19-12(7)15-11;1-2/h1-2,4-6H,3H2,(H2,14,15)(H,17,18);1-2H3. The van der Waals surface area contributed by atoms with E-state index in [-0.39, 0.29) is 28.6 Å². The Kier molecular flexibility index (Phi) is 4.07. The summed E-state index contributed by atoms with van der Waals surface area (Å²) >= 11 is 0. The van der Waals surface area contributed by atoms with Crippen LogP contribution in [0.25, 0.3) is 0 Å². The number of hydrogen-bond donors (Lipinski definition) is 2. The van der Waals surface area contributed by atoms with Gasteiger partial charge in [-0.15, -0.1) is 0 Å². The van der Waals surface area contributed by atoms with Crippen molar-refractivity contribution in [3.05, 3.63) is 41.2 Å². The summed E-state index contributed by atoms with van der Waals surface area (Å²) < 4.78 is 5.53. The van der Waals surface area contributed by atoms with E-state index in [4.69, 9.17) is 15.6 Å². The zero-order valence-electron chi connectivity index (χ0n) is 11.8. The van der Waals surface area contributed by atoms with Gasteiger partial charge in [0.15, 0.2) is 5.78 Å². The molecule has 0 bridgehead atoms. The quantitative estimate of drug-likeness (QED) is 0.822. The average molecular weight is 288 g/mol. The minimum absolute atomic E-state index is 0.0744. The Labute approximate surface area is 121 Å². The van der Waals surface area contributed by atoms with E-state index in [1.54, 1.807) is 12.2 Å². The van der Waals surface area contributed by atoms with Gasteiger partial charge in [-0.25, -0.2) is 4.79 Å². The number of carboxylic acid groups (broad SMARTS) is 1. The van der Waals surface area contributed by atoms with Gasteiger partial charge in [0.2, 0.25) is 5.88 Å². The Balaban J connectivity index is 0.000000774. The van der Waals surface area contributed by atoms with Crippen LogP contribution >= 0.6 is 0 Å². The molecule has 0 spiro atoms. The van der Waals surface area contributed by atoms with Gasteiger partial charge in [-0.3, -0.25) is 4.79 Å². The van der Waals surface area contributed by atoms with E-state index in [1.807, 2.05) is 19.9 Å². The molecule has 1 aliphatic carbocycles. The van der Waals surface area contributed by atoms with Gasteiger partial charge in [0.05, 0.1) is 11.5 Å². The zero-order valence-corrected chi connectivity index (χ0v) is 11.8. The zero-order chi connectivity index (χ0) is 15.6. The molecule has 1 aromatic heterocycles. The van der Waals surface area contributed by atoms with E-state index >= 15 is 0 Å². The first-order chi connectivity index (χ1) is 10.1. The number of anilines is 1. The molecule has 0 saturated carbocycles. The Morgan fingerprint density at radius 3 is 2.86 bits per heavy atom. The largest absolute Gasteiger partial charge is 0.478 e. The number of ether oxygens (including phenoxy) is 1. The lowest BCUT2D eigenvalue weighted by molar-refractivity contribution is 0.0697. The molecule has 0 aromatic carbocycles. The normalized spacial score (nSPS) is 18.5. The Bertz CT molecular complexity index is 662. The third-order valence-electron chi connectivity index (χ3n) is 3.16. The lowest BCUT2D eigenvalue weighted by Crippen LogP contribution is -2.28. The molecule has 2 heterocycles. The first-order valence-corrected chi connectivity index (χ1v) is 6.70. The number of fused-ring (bicyclic) bond motifs is 2. The van der Waals surface area contributed by atoms with Crippen molar-refractivity contribution < 1.29 is 19.4 Å². The number of pyridine rings is 1. The first-order valence-electron chi connectivity index (χ1n) is 6.70. The molecular formula is C15H16N2O4. The molecule has 21 heavy (non-hydrogen) atoms. The number of carboxylic acids is 1. The molecule has 6 nitrogen and oxygen atoms in total. The number of allylic oxidation sites excluding steroid dienone is 4. The van der Waals surface area contributed by atoms with Crippen LogP contribution in [0.4, 0.5) is 5.82 Å². The first kappa shape index (κ1) is 14.8. The summed E-state index contributed by atoms with van der Waals surface area (Å²) in [5.74, 6) is -1.37. The van der Waals surface area contributed by atoms with Crippen LogP contribution in [-0.2, 0) is 0 Å². The third kappa shape index (κ3) is 2.52. The highest BCUT2D eigenvalue weighted by Gasteiger charge is 2.35. The number of nitrogens with zero attached hydrogens (tertiary/aromatic N) is 1. The van der Waals surface area contributed by atoms with Crippen molar-refractivity contribution in [1.29, 1.82) is 0 Å². The molecule has 3 rings (SSSR count). The summed E-state index contributed by atoms with van der Waals surface area (Å²) in [5.41, 5.74) is 5.53. The fourth-order valence-electron chi connectivity index (χ4n) is 2.19. The summed E-state index contributed by atoms with van der Waals surface area (Å²) in [7, 11) is 0. The monoisotopic (exact) mass is 288 g/mol. The molecule has 110 valence electrons. The molecule has 1 atom stereocenters. The second kappa shape index (κ2) is 5.78. The van der Waals surface area contributed by atoms with Crippen LogP contribution in [0.15, 0.2) is 30.1 Å². The van der Waals surface area contributed by atoms with E-state index in [2.05, 4.69) is 4.98 Å². The number of nitrogens with two attached hydrogens (primary N) is 1. The topological polar surface area (TPSA) is 103 Å². The molecule has 1 aliphatic heterocycles. The second-order valence-electron chi connectivity index (χ2n) is 4.33. The molecule has 0 radical (unpaired) electrons. The van der Waals surface area contributed by atoms with E-state index in [1.165, 1.54) is 6.07 Å². The number of carbonyl (C=O) groups excluding carboxylic acids is 1. The van der Waals surface area contributed by atoms with Crippen LogP contribution < -0.4 is 10.5 Å². The lowest BCUT2D eigenvalue weighted by Gasteiger charge is -2.26. The van der Waals surface area contributed by atoms with Gasteiger partial charge in [-0.2, -0.15) is 4.98 Å². The Morgan fingerprint density at radius 1 is 1.48 bits per heavy atom. The second-order valence-corrected chi connectivity index (χ2v) is 4.33. The van der Waals surface area contributed by atoms with Crippen LogP contribution in [0, 0.1) is 5.92 Å². The van der Waals surface area contributed by atoms with E-state index in [0.29, 0.717) is 12.2 Å². The number of hydrogen-bond acceptors (Lipinski definition) is 5. The number of Topliss-reactive ketones (excluding diaryl/α,β-unsaturated/α-hetero) is 1. The third-order valence-corrected chi connectivity index (χ3v) is 3.16. The lowest BCUT2D eigenvalue weighted by atomic mass is 9.88.